The second-order valence-electron chi connectivity index (χ2n) is 4.75. The van der Waals surface area contributed by atoms with Crippen molar-refractivity contribution in [2.24, 2.45) is 4.99 Å². The minimum atomic E-state index is -0.409. The molecule has 0 radical (unpaired) electrons. The number of aliphatic imine (C=N–C) groups is 1. The summed E-state index contributed by atoms with van der Waals surface area (Å²) in [5, 5.41) is 2.90. The summed E-state index contributed by atoms with van der Waals surface area (Å²) < 4.78 is 5.10. The zero-order valence-corrected chi connectivity index (χ0v) is 13.6. The van der Waals surface area contributed by atoms with E-state index in [-0.39, 0.29) is 18.2 Å². The molecule has 1 aromatic rings. The van der Waals surface area contributed by atoms with Crippen LogP contribution in [0.4, 0.5) is 5.69 Å². The highest BCUT2D eigenvalue weighted by Gasteiger charge is 2.36. The van der Waals surface area contributed by atoms with Crippen LogP contribution in [0.15, 0.2) is 29.3 Å². The highest BCUT2D eigenvalue weighted by molar-refractivity contribution is 8.15. The summed E-state index contributed by atoms with van der Waals surface area (Å²) in [4.78, 5) is 29.8. The lowest BCUT2D eigenvalue weighted by Gasteiger charge is -2.08. The summed E-state index contributed by atoms with van der Waals surface area (Å²) in [5.41, 5.74) is 0.738. The van der Waals surface area contributed by atoms with Crippen LogP contribution in [0.1, 0.15) is 13.3 Å². The first kappa shape index (κ1) is 16.4. The van der Waals surface area contributed by atoms with Gasteiger partial charge >= 0.3 is 0 Å². The molecule has 2 rings (SSSR count). The molecule has 1 aliphatic heterocycles. The molecule has 1 aromatic carbocycles. The monoisotopic (exact) mass is 321 g/mol. The molecule has 1 saturated heterocycles. The predicted octanol–water partition coefficient (Wildman–Crippen LogP) is 1.78. The van der Waals surface area contributed by atoms with Gasteiger partial charge in [0, 0.05) is 20.0 Å². The Morgan fingerprint density at radius 2 is 2.09 bits per heavy atom. The lowest BCUT2D eigenvalue weighted by Crippen LogP contribution is -2.32. The maximum atomic E-state index is 12.2. The number of methoxy groups -OCH3 is 1. The quantitative estimate of drug-likeness (QED) is 0.897. The zero-order chi connectivity index (χ0) is 16.1. The molecule has 6 nitrogen and oxygen atoms in total. The van der Waals surface area contributed by atoms with Gasteiger partial charge in [0.25, 0.3) is 0 Å². The molecule has 0 aliphatic carbocycles. The van der Waals surface area contributed by atoms with Gasteiger partial charge in [0.15, 0.2) is 5.17 Å². The average Bonchev–Trinajstić information content (AvgIpc) is 2.76. The molecule has 1 atom stereocenters. The number of ether oxygens (including phenoxy) is 1. The molecule has 0 spiro atoms. The van der Waals surface area contributed by atoms with Crippen LogP contribution < -0.4 is 10.1 Å². The lowest BCUT2D eigenvalue weighted by molar-refractivity contribution is -0.128. The van der Waals surface area contributed by atoms with Gasteiger partial charge in [0.2, 0.25) is 11.8 Å². The van der Waals surface area contributed by atoms with E-state index in [0.29, 0.717) is 11.7 Å². The second-order valence-corrected chi connectivity index (χ2v) is 5.92. The zero-order valence-electron chi connectivity index (χ0n) is 12.8. The molecule has 1 fully saturated rings. The Morgan fingerprint density at radius 3 is 2.68 bits per heavy atom. The number of thioether (sulfide) groups is 1. The summed E-state index contributed by atoms with van der Waals surface area (Å²) >= 11 is 1.32. The molecule has 0 bridgehead atoms. The van der Waals surface area contributed by atoms with E-state index in [1.165, 1.54) is 16.7 Å². The van der Waals surface area contributed by atoms with E-state index in [9.17, 15) is 9.59 Å². The summed E-state index contributed by atoms with van der Waals surface area (Å²) in [6.07, 6.45) is 0.170. The normalized spacial score (nSPS) is 19.6. The first-order chi connectivity index (χ1) is 10.5. The third-order valence-electron chi connectivity index (χ3n) is 3.18. The molecule has 1 aliphatic rings. The van der Waals surface area contributed by atoms with E-state index in [4.69, 9.17) is 4.74 Å². The summed E-state index contributed by atoms with van der Waals surface area (Å²) in [6, 6.07) is 7.27. The largest absolute Gasteiger partial charge is 0.497 e. The minimum Gasteiger partial charge on any atom is -0.497 e. The number of rotatable bonds is 5. The highest BCUT2D eigenvalue weighted by Crippen LogP contribution is 2.30. The standard InChI is InChI=1S/C15H19N3O3S/c1-4-16-13(19)9-12-14(20)18(2)15(22-12)17-10-5-7-11(21-3)8-6-10/h5-8,12H,4,9H2,1-3H3,(H,16,19)/t12-/m0/s1. The average molecular weight is 321 g/mol. The maximum Gasteiger partial charge on any atom is 0.242 e. The predicted molar refractivity (Wildman–Crippen MR) is 87.5 cm³/mol. The topological polar surface area (TPSA) is 71.0 Å². The van der Waals surface area contributed by atoms with Gasteiger partial charge in [-0.25, -0.2) is 4.99 Å². The fourth-order valence-corrected chi connectivity index (χ4v) is 3.16. The maximum absolute atomic E-state index is 12.2. The third-order valence-corrected chi connectivity index (χ3v) is 4.41. The van der Waals surface area contributed by atoms with E-state index in [1.54, 1.807) is 14.2 Å². The van der Waals surface area contributed by atoms with Gasteiger partial charge in [0.05, 0.1) is 12.8 Å². The molecule has 0 saturated carbocycles. The fourth-order valence-electron chi connectivity index (χ4n) is 2.00. The molecule has 2 amide bonds. The van der Waals surface area contributed by atoms with Gasteiger partial charge in [-0.2, -0.15) is 0 Å². The van der Waals surface area contributed by atoms with E-state index in [1.807, 2.05) is 31.2 Å². The van der Waals surface area contributed by atoms with Crippen molar-refractivity contribution >= 4 is 34.4 Å². The lowest BCUT2D eigenvalue weighted by atomic mass is 10.2. The van der Waals surface area contributed by atoms with E-state index >= 15 is 0 Å². The van der Waals surface area contributed by atoms with Gasteiger partial charge in [-0.3, -0.25) is 14.5 Å². The summed E-state index contributed by atoms with van der Waals surface area (Å²) in [7, 11) is 3.28. The Hall–Kier alpha value is -2.02. The van der Waals surface area contributed by atoms with Crippen molar-refractivity contribution < 1.29 is 14.3 Å². The first-order valence-electron chi connectivity index (χ1n) is 6.98. The number of carbonyl (C=O) groups is 2. The second kappa shape index (κ2) is 7.31. The number of amides is 2. The van der Waals surface area contributed by atoms with Crippen LogP contribution in [0, 0.1) is 0 Å². The fraction of sp³-hybridized carbons (Fsp3) is 0.400. The van der Waals surface area contributed by atoms with Gasteiger partial charge in [-0.15, -0.1) is 0 Å². The van der Waals surface area contributed by atoms with Crippen LogP contribution in [0.5, 0.6) is 5.75 Å². The number of hydrogen-bond donors (Lipinski definition) is 1. The Bertz CT molecular complexity index is 586. The van der Waals surface area contributed by atoms with Crippen LogP contribution in [0.2, 0.25) is 0 Å². The van der Waals surface area contributed by atoms with Gasteiger partial charge in [-0.05, 0) is 31.2 Å². The van der Waals surface area contributed by atoms with E-state index in [0.717, 1.165) is 11.4 Å². The van der Waals surface area contributed by atoms with Crippen molar-refractivity contribution in [3.8, 4) is 5.75 Å². The number of carbonyl (C=O) groups excluding carboxylic acids is 2. The minimum absolute atomic E-state index is 0.0940. The molecular weight excluding hydrogens is 302 g/mol. The number of nitrogens with one attached hydrogen (secondary N) is 1. The molecule has 1 heterocycles. The van der Waals surface area contributed by atoms with Crippen LogP contribution in [-0.2, 0) is 9.59 Å². The van der Waals surface area contributed by atoms with Crippen LogP contribution in [0.3, 0.4) is 0 Å². The van der Waals surface area contributed by atoms with Gasteiger partial charge in [0.1, 0.15) is 11.0 Å². The molecule has 118 valence electrons. The first-order valence-corrected chi connectivity index (χ1v) is 7.86. The number of nitrogens with zero attached hydrogens (tertiary/aromatic N) is 2. The molecule has 0 unspecified atom stereocenters. The number of benzene rings is 1. The van der Waals surface area contributed by atoms with Crippen molar-refractivity contribution in [1.82, 2.24) is 10.2 Å². The Kier molecular flexibility index (Phi) is 5.43. The van der Waals surface area contributed by atoms with Crippen LogP contribution in [0.25, 0.3) is 0 Å². The van der Waals surface area contributed by atoms with Crippen molar-refractivity contribution in [2.45, 2.75) is 18.6 Å². The molecule has 0 aromatic heterocycles. The SMILES string of the molecule is CCNC(=O)C[C@@H]1SC(=Nc2ccc(OC)cc2)N(C)C1=O. The van der Waals surface area contributed by atoms with Gasteiger partial charge < -0.3 is 10.1 Å². The van der Waals surface area contributed by atoms with E-state index < -0.39 is 5.25 Å². The smallest absolute Gasteiger partial charge is 0.242 e. The van der Waals surface area contributed by atoms with Crippen molar-refractivity contribution in [1.29, 1.82) is 0 Å². The van der Waals surface area contributed by atoms with Crippen molar-refractivity contribution in [2.75, 3.05) is 20.7 Å². The molecule has 1 N–H and O–H groups in total. The van der Waals surface area contributed by atoms with E-state index in [2.05, 4.69) is 10.3 Å². The summed E-state index contributed by atoms with van der Waals surface area (Å²) in [5.74, 6) is 0.539. The Labute approximate surface area is 133 Å². The Morgan fingerprint density at radius 1 is 1.41 bits per heavy atom. The van der Waals surface area contributed by atoms with Crippen LogP contribution >= 0.6 is 11.8 Å². The number of hydrogen-bond acceptors (Lipinski definition) is 5. The summed E-state index contributed by atoms with van der Waals surface area (Å²) in [6.45, 7) is 2.41. The molecule has 7 heteroatoms. The van der Waals surface area contributed by atoms with Crippen molar-refractivity contribution in [3.63, 3.8) is 0 Å². The number of amidine groups is 1. The Balaban J connectivity index is 2.09. The third kappa shape index (κ3) is 3.79. The molecule has 22 heavy (non-hydrogen) atoms. The molecular formula is C15H19N3O3S. The van der Waals surface area contributed by atoms with Crippen molar-refractivity contribution in [3.05, 3.63) is 24.3 Å². The van der Waals surface area contributed by atoms with Crippen LogP contribution in [-0.4, -0.2) is 47.8 Å². The highest BCUT2D eigenvalue weighted by atomic mass is 32.2. The van der Waals surface area contributed by atoms with Gasteiger partial charge in [-0.1, -0.05) is 11.8 Å².